The van der Waals surface area contributed by atoms with Crippen LogP contribution in [0.1, 0.15) is 33.1 Å². The van der Waals surface area contributed by atoms with Crippen molar-refractivity contribution in [2.75, 3.05) is 5.32 Å². The minimum Gasteiger partial charge on any atom is -0.367 e. The van der Waals surface area contributed by atoms with E-state index in [-0.39, 0.29) is 0 Å². The van der Waals surface area contributed by atoms with Gasteiger partial charge in [-0.3, -0.25) is 0 Å². The number of nitrogens with zero attached hydrogens (tertiary/aromatic N) is 2. The van der Waals surface area contributed by atoms with Crippen molar-refractivity contribution in [1.82, 2.24) is 9.97 Å². The van der Waals surface area contributed by atoms with Crippen LogP contribution >= 0.6 is 0 Å². The molecule has 0 bridgehead atoms. The van der Waals surface area contributed by atoms with Crippen molar-refractivity contribution in [3.8, 4) is 0 Å². The molecule has 0 aromatic carbocycles. The molecule has 1 aromatic heterocycles. The summed E-state index contributed by atoms with van der Waals surface area (Å²) in [6, 6.07) is 2.52. The van der Waals surface area contributed by atoms with E-state index in [0.717, 1.165) is 17.7 Å². The van der Waals surface area contributed by atoms with Crippen LogP contribution in [-0.4, -0.2) is 16.0 Å². The van der Waals surface area contributed by atoms with E-state index in [9.17, 15) is 0 Å². The fraction of sp³-hybridized carbons (Fsp3) is 0.667. The molecule has 3 heteroatoms. The Morgan fingerprint density at radius 2 is 2.33 bits per heavy atom. The first-order valence-electron chi connectivity index (χ1n) is 5.83. The maximum absolute atomic E-state index is 4.21. The zero-order valence-electron chi connectivity index (χ0n) is 9.48. The van der Waals surface area contributed by atoms with Gasteiger partial charge in [-0.05, 0) is 30.7 Å². The highest BCUT2D eigenvalue weighted by Crippen LogP contribution is 2.35. The van der Waals surface area contributed by atoms with Crippen LogP contribution in [0.4, 0.5) is 5.82 Å². The summed E-state index contributed by atoms with van der Waals surface area (Å²) >= 11 is 0. The molecule has 82 valence electrons. The molecule has 1 aliphatic rings. The van der Waals surface area contributed by atoms with Gasteiger partial charge in [-0.15, -0.1) is 0 Å². The van der Waals surface area contributed by atoms with E-state index in [0.29, 0.717) is 6.04 Å². The lowest BCUT2D eigenvalue weighted by Gasteiger charge is -2.21. The summed E-state index contributed by atoms with van der Waals surface area (Å²) in [7, 11) is 0. The van der Waals surface area contributed by atoms with E-state index in [2.05, 4.69) is 29.1 Å². The second kappa shape index (κ2) is 4.60. The van der Waals surface area contributed by atoms with Crippen molar-refractivity contribution in [2.45, 2.75) is 39.2 Å². The lowest BCUT2D eigenvalue weighted by molar-refractivity contribution is 0.391. The maximum atomic E-state index is 4.21. The molecule has 1 aliphatic carbocycles. The van der Waals surface area contributed by atoms with Gasteiger partial charge in [0.2, 0.25) is 0 Å². The van der Waals surface area contributed by atoms with E-state index in [1.807, 2.05) is 6.07 Å². The minimum atomic E-state index is 0.588. The molecule has 3 atom stereocenters. The van der Waals surface area contributed by atoms with E-state index in [4.69, 9.17) is 0 Å². The molecule has 3 unspecified atom stereocenters. The van der Waals surface area contributed by atoms with E-state index in [1.54, 1.807) is 12.5 Å². The van der Waals surface area contributed by atoms with Gasteiger partial charge in [0.25, 0.3) is 0 Å². The number of nitrogens with one attached hydrogen (secondary N) is 1. The zero-order chi connectivity index (χ0) is 10.7. The third-order valence-electron chi connectivity index (χ3n) is 3.67. The fourth-order valence-electron chi connectivity index (χ4n) is 2.59. The van der Waals surface area contributed by atoms with Crippen LogP contribution in [0.5, 0.6) is 0 Å². The van der Waals surface area contributed by atoms with E-state index in [1.165, 1.54) is 19.3 Å². The molecule has 0 amide bonds. The molecule has 0 spiro atoms. The van der Waals surface area contributed by atoms with Gasteiger partial charge in [-0.2, -0.15) is 0 Å². The first kappa shape index (κ1) is 10.4. The average molecular weight is 205 g/mol. The molecule has 0 saturated heterocycles. The molecule has 1 N–H and O–H groups in total. The third kappa shape index (κ3) is 2.28. The molecule has 15 heavy (non-hydrogen) atoms. The van der Waals surface area contributed by atoms with E-state index >= 15 is 0 Å². The minimum absolute atomic E-state index is 0.588. The number of aromatic nitrogens is 2. The van der Waals surface area contributed by atoms with E-state index < -0.39 is 0 Å². The van der Waals surface area contributed by atoms with Crippen LogP contribution in [0, 0.1) is 11.8 Å². The Labute approximate surface area is 91.3 Å². The lowest BCUT2D eigenvalue weighted by Crippen LogP contribution is -2.25. The number of hydrogen-bond donors (Lipinski definition) is 1. The van der Waals surface area contributed by atoms with Crippen molar-refractivity contribution in [1.29, 1.82) is 0 Å². The van der Waals surface area contributed by atoms with Gasteiger partial charge in [0, 0.05) is 12.2 Å². The molecule has 1 aromatic rings. The average Bonchev–Trinajstić information content (AvgIpc) is 2.62. The molecule has 1 saturated carbocycles. The topological polar surface area (TPSA) is 37.8 Å². The Morgan fingerprint density at radius 3 is 2.93 bits per heavy atom. The van der Waals surface area contributed by atoms with Crippen LogP contribution in [0.2, 0.25) is 0 Å². The first-order valence-corrected chi connectivity index (χ1v) is 5.83. The second-order valence-corrected chi connectivity index (χ2v) is 4.45. The van der Waals surface area contributed by atoms with Gasteiger partial charge < -0.3 is 5.32 Å². The molecular weight excluding hydrogens is 186 g/mol. The van der Waals surface area contributed by atoms with Crippen molar-refractivity contribution in [2.24, 2.45) is 11.8 Å². The molecule has 1 heterocycles. The molecule has 3 nitrogen and oxygen atoms in total. The van der Waals surface area contributed by atoms with Crippen LogP contribution in [0.25, 0.3) is 0 Å². The molecule has 0 aliphatic heterocycles. The van der Waals surface area contributed by atoms with Crippen LogP contribution < -0.4 is 5.32 Å². The van der Waals surface area contributed by atoms with Gasteiger partial charge in [-0.1, -0.05) is 20.3 Å². The van der Waals surface area contributed by atoms with Crippen molar-refractivity contribution in [3.05, 3.63) is 18.6 Å². The van der Waals surface area contributed by atoms with Gasteiger partial charge in [-0.25, -0.2) is 9.97 Å². The Morgan fingerprint density at radius 1 is 1.47 bits per heavy atom. The summed E-state index contributed by atoms with van der Waals surface area (Å²) in [5.74, 6) is 2.59. The third-order valence-corrected chi connectivity index (χ3v) is 3.67. The first-order chi connectivity index (χ1) is 7.31. The normalized spacial score (nSPS) is 30.4. The number of rotatable bonds is 3. The van der Waals surface area contributed by atoms with Crippen molar-refractivity contribution in [3.63, 3.8) is 0 Å². The Balaban J connectivity index is 1.96. The highest BCUT2D eigenvalue weighted by molar-refractivity contribution is 5.33. The summed E-state index contributed by atoms with van der Waals surface area (Å²) in [5.41, 5.74) is 0. The fourth-order valence-corrected chi connectivity index (χ4v) is 2.59. The van der Waals surface area contributed by atoms with Crippen LogP contribution in [0.15, 0.2) is 18.6 Å². The highest BCUT2D eigenvalue weighted by atomic mass is 15.0. The van der Waals surface area contributed by atoms with Gasteiger partial charge >= 0.3 is 0 Å². The summed E-state index contributed by atoms with van der Waals surface area (Å²) in [6.07, 6.45) is 7.29. The predicted molar refractivity (Wildman–Crippen MR) is 61.6 cm³/mol. The molecule has 2 rings (SSSR count). The largest absolute Gasteiger partial charge is 0.367 e. The monoisotopic (exact) mass is 205 g/mol. The second-order valence-electron chi connectivity index (χ2n) is 4.45. The van der Waals surface area contributed by atoms with Gasteiger partial charge in [0.1, 0.15) is 12.1 Å². The highest BCUT2D eigenvalue weighted by Gasteiger charge is 2.31. The van der Waals surface area contributed by atoms with Crippen molar-refractivity contribution < 1.29 is 0 Å². The van der Waals surface area contributed by atoms with Gasteiger partial charge in [0.05, 0.1) is 0 Å². The van der Waals surface area contributed by atoms with Crippen LogP contribution in [-0.2, 0) is 0 Å². The smallest absolute Gasteiger partial charge is 0.129 e. The quantitative estimate of drug-likeness (QED) is 0.824. The molecule has 1 fully saturated rings. The molecule has 0 radical (unpaired) electrons. The summed E-state index contributed by atoms with van der Waals surface area (Å²) in [6.45, 7) is 4.63. The Hall–Kier alpha value is -1.12. The lowest BCUT2D eigenvalue weighted by atomic mass is 9.93. The predicted octanol–water partition coefficient (Wildman–Crippen LogP) is 2.71. The zero-order valence-corrected chi connectivity index (χ0v) is 9.48. The van der Waals surface area contributed by atoms with Gasteiger partial charge in [0.15, 0.2) is 0 Å². The summed E-state index contributed by atoms with van der Waals surface area (Å²) in [4.78, 5) is 8.12. The van der Waals surface area contributed by atoms with Crippen LogP contribution in [0.3, 0.4) is 0 Å². The number of anilines is 1. The Bertz CT molecular complexity index is 299. The van der Waals surface area contributed by atoms with Crippen molar-refractivity contribution >= 4 is 5.82 Å². The Kier molecular flexibility index (Phi) is 3.19. The standard InChI is InChI=1S/C12H19N3/c1-3-10-4-5-11(9(10)2)15-12-6-7-13-8-14-12/h6-11H,3-5H2,1-2H3,(H,13,14,15). The molecular formula is C12H19N3. The summed E-state index contributed by atoms with van der Waals surface area (Å²) in [5, 5.41) is 3.50. The summed E-state index contributed by atoms with van der Waals surface area (Å²) < 4.78 is 0. The maximum Gasteiger partial charge on any atom is 0.129 e. The SMILES string of the molecule is CCC1CCC(Nc2ccncn2)C1C. The number of hydrogen-bond acceptors (Lipinski definition) is 3.